The average molecular weight is 685 g/mol. The van der Waals surface area contributed by atoms with Crippen molar-refractivity contribution in [1.29, 1.82) is 0 Å². The van der Waals surface area contributed by atoms with E-state index in [0.29, 0.717) is 11.4 Å². The van der Waals surface area contributed by atoms with Gasteiger partial charge in [-0.2, -0.15) is 23.6 Å². The average Bonchev–Trinajstić information content (AvgIpc) is 3.89. The summed E-state index contributed by atoms with van der Waals surface area (Å²) < 4.78 is 11.6. The Morgan fingerprint density at radius 3 is 1.38 bits per heavy atom. The zero-order chi connectivity index (χ0) is 35.1. The van der Waals surface area contributed by atoms with Gasteiger partial charge in [0.15, 0.2) is 0 Å². The van der Waals surface area contributed by atoms with Crippen LogP contribution in [-0.4, -0.2) is 110 Å². The van der Waals surface area contributed by atoms with Crippen molar-refractivity contribution in [2.24, 2.45) is 23.6 Å². The Bertz CT molecular complexity index is 1320. The molecule has 5 rings (SSSR count). The van der Waals surface area contributed by atoms with Gasteiger partial charge in [0.25, 0.3) is 0 Å². The number of anilines is 2. The summed E-state index contributed by atoms with van der Waals surface area (Å²) in [6.07, 6.45) is -4.12. The van der Waals surface area contributed by atoms with Crippen molar-refractivity contribution in [2.45, 2.75) is 60.9 Å². The normalized spacial score (nSPS) is 35.2. The highest BCUT2D eigenvalue weighted by Crippen LogP contribution is 2.50. The number of ether oxygens (including phenoxy) is 2. The molecule has 0 aromatic heterocycles. The van der Waals surface area contributed by atoms with Gasteiger partial charge in [0.1, 0.15) is 25.2 Å². The molecule has 1 aromatic rings. The molecule has 8 atom stereocenters. The third-order valence-corrected chi connectivity index (χ3v) is 8.22. The van der Waals surface area contributed by atoms with Crippen molar-refractivity contribution in [3.8, 4) is 0 Å². The summed E-state index contributed by atoms with van der Waals surface area (Å²) in [4.78, 5) is 70.8. The summed E-state index contributed by atoms with van der Waals surface area (Å²) in [5.41, 5.74) is -2.77. The van der Waals surface area contributed by atoms with E-state index in [1.165, 1.54) is 0 Å². The number of nitrogens with two attached hydrogens (primary N) is 4. The van der Waals surface area contributed by atoms with E-state index in [1.54, 1.807) is 62.3 Å². The second kappa shape index (κ2) is 13.2. The minimum Gasteiger partial charge on any atom is -0.373 e. The van der Waals surface area contributed by atoms with Crippen LogP contribution in [0.5, 0.6) is 0 Å². The molecule has 4 aliphatic heterocycles. The monoisotopic (exact) mass is 684 g/mol. The van der Waals surface area contributed by atoms with Crippen molar-refractivity contribution in [3.05, 3.63) is 24.3 Å². The maximum atomic E-state index is 12.8. The third kappa shape index (κ3) is 6.21. The molecule has 0 amide bonds. The molecule has 24 nitrogen and oxygen atoms in total. The second-order valence-corrected chi connectivity index (χ2v) is 11.7. The standard InChI is InChI=1S/C24H40N14O10/c1-37(2)19-31-17(33-23(35-19)21(47-23,15(41)45-27)9-13(39)43-25)29-11-7-5-6-8-12(11)30-18-32-20(38(3)4)36-24(34-18)22(48-24,16(42)46-28)10-14(40)44-26/h5-8,17-20,29-36H,9-10,25-28H2,1-4H3. The first-order valence-corrected chi connectivity index (χ1v) is 14.3. The first-order valence-electron chi connectivity index (χ1n) is 14.3. The second-order valence-electron chi connectivity index (χ2n) is 11.7. The van der Waals surface area contributed by atoms with Gasteiger partial charge >= 0.3 is 23.9 Å². The Kier molecular flexibility index (Phi) is 9.76. The molecule has 2 spiro atoms. The van der Waals surface area contributed by atoms with Crippen LogP contribution < -0.4 is 66.1 Å². The molecule has 4 heterocycles. The fraction of sp³-hybridized carbons (Fsp3) is 0.583. The van der Waals surface area contributed by atoms with Gasteiger partial charge in [-0.05, 0) is 40.3 Å². The van der Waals surface area contributed by atoms with Crippen LogP contribution in [0.4, 0.5) is 11.4 Å². The SMILES string of the molecule is CN(C)C1NC(Nc2ccccc2NC2NC(N(C)C)NC3(N2)OC3(CC(=O)ON)C(=O)ON)NC2(N1)OC2(CC(=O)ON)C(=O)ON. The molecular formula is C24H40N14O10. The number of carbonyl (C=O) groups excluding carboxylic acids is 4. The van der Waals surface area contributed by atoms with Gasteiger partial charge in [0, 0.05) is 0 Å². The summed E-state index contributed by atoms with van der Waals surface area (Å²) in [6.45, 7) is 0. The van der Waals surface area contributed by atoms with Crippen molar-refractivity contribution in [3.63, 3.8) is 0 Å². The van der Waals surface area contributed by atoms with Crippen molar-refractivity contribution >= 4 is 35.3 Å². The molecule has 4 fully saturated rings. The highest BCUT2D eigenvalue weighted by molar-refractivity contribution is 5.91. The number of carbonyl (C=O) groups is 4. The van der Waals surface area contributed by atoms with Gasteiger partial charge in [-0.3, -0.25) is 30.0 Å². The van der Waals surface area contributed by atoms with Crippen molar-refractivity contribution in [1.82, 2.24) is 41.7 Å². The van der Waals surface area contributed by atoms with Crippen LogP contribution >= 0.6 is 0 Å². The lowest BCUT2D eigenvalue weighted by Crippen LogP contribution is -2.77. The predicted octanol–water partition coefficient (Wildman–Crippen LogP) is -6.37. The molecule has 1 aromatic carbocycles. The fourth-order valence-electron chi connectivity index (χ4n) is 5.69. The molecule has 266 valence electrons. The van der Waals surface area contributed by atoms with E-state index < -0.39 is 84.8 Å². The first-order chi connectivity index (χ1) is 22.7. The summed E-state index contributed by atoms with van der Waals surface area (Å²) in [7, 11) is 7.03. The maximum Gasteiger partial charge on any atom is 0.363 e. The largest absolute Gasteiger partial charge is 0.373 e. The van der Waals surface area contributed by atoms with E-state index in [1.807, 2.05) is 0 Å². The fourth-order valence-corrected chi connectivity index (χ4v) is 5.69. The van der Waals surface area contributed by atoms with E-state index >= 15 is 0 Å². The Hall–Kier alpha value is -3.86. The summed E-state index contributed by atoms with van der Waals surface area (Å²) in [5, 5.41) is 25.5. The van der Waals surface area contributed by atoms with Crippen molar-refractivity contribution < 1.29 is 48.0 Å². The van der Waals surface area contributed by atoms with Crippen LogP contribution in [0.3, 0.4) is 0 Å². The number of nitrogens with zero attached hydrogens (tertiary/aromatic N) is 2. The van der Waals surface area contributed by atoms with Crippen LogP contribution in [0.1, 0.15) is 12.8 Å². The molecule has 0 bridgehead atoms. The number of epoxide rings is 2. The molecule has 0 aliphatic carbocycles. The predicted molar refractivity (Wildman–Crippen MR) is 158 cm³/mol. The topological polar surface area (TPSA) is 337 Å². The zero-order valence-electron chi connectivity index (χ0n) is 26.3. The van der Waals surface area contributed by atoms with Gasteiger partial charge in [-0.25, -0.2) is 30.9 Å². The summed E-state index contributed by atoms with van der Waals surface area (Å²) in [5.74, 6) is 13.2. The van der Waals surface area contributed by atoms with E-state index in [4.69, 9.17) is 33.1 Å². The van der Waals surface area contributed by atoms with Crippen LogP contribution in [-0.2, 0) is 48.0 Å². The third-order valence-electron chi connectivity index (χ3n) is 8.22. The summed E-state index contributed by atoms with van der Waals surface area (Å²) in [6, 6.07) is 7.06. The van der Waals surface area contributed by atoms with Crippen LogP contribution in [0, 0.1) is 0 Å². The van der Waals surface area contributed by atoms with Crippen LogP contribution in [0.2, 0.25) is 0 Å². The van der Waals surface area contributed by atoms with Gasteiger partial charge in [0.2, 0.25) is 22.9 Å². The van der Waals surface area contributed by atoms with Crippen LogP contribution in [0.25, 0.3) is 0 Å². The molecule has 48 heavy (non-hydrogen) atoms. The molecule has 16 N–H and O–H groups in total. The lowest BCUT2D eigenvalue weighted by molar-refractivity contribution is -0.157. The minimum atomic E-state index is -1.91. The van der Waals surface area contributed by atoms with E-state index in [0.717, 1.165) is 0 Å². The lowest BCUT2D eigenvalue weighted by Gasteiger charge is -2.42. The highest BCUT2D eigenvalue weighted by Gasteiger charge is 2.81. The van der Waals surface area contributed by atoms with Gasteiger partial charge in [0.05, 0.1) is 24.2 Å². The number of rotatable bonds is 12. The van der Waals surface area contributed by atoms with E-state index in [-0.39, 0.29) is 0 Å². The molecule has 4 saturated heterocycles. The Morgan fingerprint density at radius 2 is 1.06 bits per heavy atom. The molecule has 4 aliphatic rings. The number of benzene rings is 1. The summed E-state index contributed by atoms with van der Waals surface area (Å²) >= 11 is 0. The lowest BCUT2D eigenvalue weighted by atomic mass is 10.0. The number of hydrogen-bond donors (Lipinski definition) is 12. The van der Waals surface area contributed by atoms with Gasteiger partial charge in [-0.1, -0.05) is 12.1 Å². The molecular weight excluding hydrogens is 644 g/mol. The van der Waals surface area contributed by atoms with Gasteiger partial charge < -0.3 is 39.5 Å². The number of hydrogen-bond acceptors (Lipinski definition) is 24. The zero-order valence-corrected chi connectivity index (χ0v) is 26.3. The molecule has 0 saturated carbocycles. The quantitative estimate of drug-likeness (QED) is 0.0719. The minimum absolute atomic E-state index is 0.528. The highest BCUT2D eigenvalue weighted by atomic mass is 16.7. The number of para-hydroxylation sites is 2. The smallest absolute Gasteiger partial charge is 0.363 e. The molecule has 8 unspecified atom stereocenters. The maximum absolute atomic E-state index is 12.8. The van der Waals surface area contributed by atoms with Crippen molar-refractivity contribution in [2.75, 3.05) is 38.8 Å². The Balaban J connectivity index is 1.39. The van der Waals surface area contributed by atoms with E-state index in [2.05, 4.69) is 61.9 Å². The first kappa shape index (κ1) is 35.4. The van der Waals surface area contributed by atoms with Gasteiger partial charge in [-0.15, -0.1) is 0 Å². The molecule has 0 radical (unpaired) electrons. The Labute approximate surface area is 272 Å². The van der Waals surface area contributed by atoms with E-state index in [9.17, 15) is 19.2 Å². The molecule has 24 heteroatoms. The van der Waals surface area contributed by atoms with Crippen LogP contribution in [0.15, 0.2) is 24.3 Å². The number of nitrogens with one attached hydrogen (secondary N) is 8. The Morgan fingerprint density at radius 1 is 0.688 bits per heavy atom.